The van der Waals surface area contributed by atoms with Crippen LogP contribution in [0.5, 0.6) is 0 Å². The maximum absolute atomic E-state index is 15.6. The summed E-state index contributed by atoms with van der Waals surface area (Å²) < 4.78 is 17.9. The minimum absolute atomic E-state index is 0.104. The van der Waals surface area contributed by atoms with Gasteiger partial charge in [-0.15, -0.1) is 0 Å². The van der Waals surface area contributed by atoms with Crippen LogP contribution in [0.15, 0.2) is 36.4 Å². The maximum Gasteiger partial charge on any atom is 0.131 e. The van der Waals surface area contributed by atoms with E-state index in [0.717, 1.165) is 32.8 Å². The predicted molar refractivity (Wildman–Crippen MR) is 155 cm³/mol. The van der Waals surface area contributed by atoms with Gasteiger partial charge in [0.25, 0.3) is 0 Å². The van der Waals surface area contributed by atoms with Gasteiger partial charge in [-0.1, -0.05) is 56.8 Å². The summed E-state index contributed by atoms with van der Waals surface area (Å²) in [5.74, 6) is 0.426. The van der Waals surface area contributed by atoms with Crippen molar-refractivity contribution in [3.8, 4) is 0 Å². The highest BCUT2D eigenvalue weighted by Gasteiger charge is 2.31. The summed E-state index contributed by atoms with van der Waals surface area (Å²) in [4.78, 5) is 0. The smallest absolute Gasteiger partial charge is 0.131 e. The fraction of sp³-hybridized carbons (Fsp3) is 0.353. The van der Waals surface area contributed by atoms with Gasteiger partial charge in [0.05, 0.1) is 16.6 Å². The number of pyridine rings is 1. The zero-order valence-electron chi connectivity index (χ0n) is 22.5. The van der Waals surface area contributed by atoms with Crippen molar-refractivity contribution in [2.24, 2.45) is 5.41 Å². The summed E-state index contributed by atoms with van der Waals surface area (Å²) in [7, 11) is 0. The average Bonchev–Trinajstić information content (AvgIpc) is 3.19. The Hall–Kier alpha value is -3.13. The molecule has 2 heteroatoms. The normalized spacial score (nSPS) is 17.0. The molecule has 2 heterocycles. The van der Waals surface area contributed by atoms with Crippen molar-refractivity contribution < 1.29 is 4.39 Å². The van der Waals surface area contributed by atoms with Crippen LogP contribution < -0.4 is 5.22 Å². The van der Waals surface area contributed by atoms with Gasteiger partial charge in [0, 0.05) is 27.1 Å². The minimum Gasteiger partial charge on any atom is -0.308 e. The van der Waals surface area contributed by atoms with Crippen molar-refractivity contribution in [1.29, 1.82) is 0 Å². The van der Waals surface area contributed by atoms with Crippen LogP contribution in [0.4, 0.5) is 4.39 Å². The van der Waals surface area contributed by atoms with E-state index in [1.165, 1.54) is 58.5 Å². The first-order valence-electron chi connectivity index (χ1n) is 13.4. The lowest BCUT2D eigenvalue weighted by molar-refractivity contribution is 0.225. The largest absolute Gasteiger partial charge is 0.308 e. The molecule has 0 N–H and O–H groups in total. The lowest BCUT2D eigenvalue weighted by Gasteiger charge is -2.35. The fourth-order valence-corrected chi connectivity index (χ4v) is 6.99. The standard InChI is InChI=1S/C34H36FN/c1-8-11-24-18-26(23-14-16-34(6,7)17-15-23)30-25-12-9-10-13-27(25)36-32-22(5)31(35)20(3)19(2)28(32)21(4)29(24)33(30)36/h8-13,18,23H,4,14-17H2,1-3,5-7H3/b11-8-. The molecule has 2 aromatic heterocycles. The Bertz CT molecular complexity index is 1770. The van der Waals surface area contributed by atoms with E-state index in [0.29, 0.717) is 16.9 Å². The van der Waals surface area contributed by atoms with Crippen LogP contribution in [0.25, 0.3) is 50.7 Å². The van der Waals surface area contributed by atoms with E-state index in [4.69, 9.17) is 0 Å². The van der Waals surface area contributed by atoms with E-state index in [1.54, 1.807) is 0 Å². The number of aromatic nitrogens is 1. The number of rotatable bonds is 2. The minimum atomic E-state index is -0.104. The van der Waals surface area contributed by atoms with Crippen LogP contribution in [0.2, 0.25) is 0 Å². The molecule has 0 saturated heterocycles. The average molecular weight is 478 g/mol. The van der Waals surface area contributed by atoms with Gasteiger partial charge >= 0.3 is 0 Å². The van der Waals surface area contributed by atoms with Gasteiger partial charge in [0.1, 0.15) is 5.82 Å². The van der Waals surface area contributed by atoms with Gasteiger partial charge in [0.15, 0.2) is 0 Å². The van der Waals surface area contributed by atoms with E-state index >= 15 is 4.39 Å². The van der Waals surface area contributed by atoms with Crippen LogP contribution in [-0.2, 0) is 0 Å². The highest BCUT2D eigenvalue weighted by atomic mass is 19.1. The number of halogens is 1. The van der Waals surface area contributed by atoms with E-state index in [-0.39, 0.29) is 5.82 Å². The molecule has 1 fully saturated rings. The molecule has 5 aromatic rings. The summed E-state index contributed by atoms with van der Waals surface area (Å²) >= 11 is 0. The molecule has 6 rings (SSSR count). The molecule has 0 aliphatic heterocycles. The van der Waals surface area contributed by atoms with Gasteiger partial charge in [0.2, 0.25) is 0 Å². The number of nitrogens with zero attached hydrogens (tertiary/aromatic N) is 1. The van der Waals surface area contributed by atoms with Crippen LogP contribution in [0, 0.1) is 32.0 Å². The number of hydrogen-bond donors (Lipinski definition) is 0. The molecule has 0 bridgehead atoms. The van der Waals surface area contributed by atoms with Crippen molar-refractivity contribution in [1.82, 2.24) is 4.40 Å². The lowest BCUT2D eigenvalue weighted by atomic mass is 9.70. The van der Waals surface area contributed by atoms with Crippen LogP contribution >= 0.6 is 0 Å². The molecule has 1 nitrogen and oxygen atoms in total. The molecule has 184 valence electrons. The number of benzene rings is 3. The van der Waals surface area contributed by atoms with E-state index < -0.39 is 0 Å². The molecule has 1 saturated carbocycles. The van der Waals surface area contributed by atoms with E-state index in [2.05, 4.69) is 74.2 Å². The third kappa shape index (κ3) is 3.06. The zero-order valence-corrected chi connectivity index (χ0v) is 22.5. The van der Waals surface area contributed by atoms with Crippen LogP contribution in [0.3, 0.4) is 0 Å². The highest BCUT2D eigenvalue weighted by molar-refractivity contribution is 6.20. The predicted octanol–water partition coefficient (Wildman–Crippen LogP) is 9.31. The Labute approximate surface area is 213 Å². The Balaban J connectivity index is 1.90. The molecular weight excluding hydrogens is 441 g/mol. The summed E-state index contributed by atoms with van der Waals surface area (Å²) in [6, 6.07) is 11.2. The molecular formula is C34H36FN. The molecule has 36 heavy (non-hydrogen) atoms. The molecule has 3 aromatic carbocycles. The second-order valence-corrected chi connectivity index (χ2v) is 11.8. The molecule has 0 radical (unpaired) electrons. The van der Waals surface area contributed by atoms with Gasteiger partial charge < -0.3 is 4.40 Å². The Kier molecular flexibility index (Phi) is 5.13. The quantitative estimate of drug-likeness (QED) is 0.223. The van der Waals surface area contributed by atoms with Crippen LogP contribution in [-0.4, -0.2) is 4.40 Å². The molecule has 1 aliphatic carbocycles. The number of fused-ring (bicyclic) bond motifs is 5. The van der Waals surface area contributed by atoms with Gasteiger partial charge in [-0.3, -0.25) is 0 Å². The van der Waals surface area contributed by atoms with E-state index in [1.807, 2.05) is 20.8 Å². The summed E-state index contributed by atoms with van der Waals surface area (Å²) in [6.45, 7) is 17.4. The zero-order chi connectivity index (χ0) is 25.5. The second-order valence-electron chi connectivity index (χ2n) is 11.8. The number of allylic oxidation sites excluding steroid dienone is 1. The molecule has 0 spiro atoms. The SMILES string of the molecule is C=c1c2c(C)c(C)c(F)c(C)c2n2c3ccccc3c3c(C4CCC(C)(C)CC4)cc(/C=C\C)c1c32. The molecule has 1 aliphatic rings. The Morgan fingerprint density at radius 1 is 0.944 bits per heavy atom. The highest BCUT2D eigenvalue weighted by Crippen LogP contribution is 2.47. The third-order valence-corrected chi connectivity index (χ3v) is 9.14. The molecule has 0 atom stereocenters. The first kappa shape index (κ1) is 23.3. The second kappa shape index (κ2) is 7.93. The van der Waals surface area contributed by atoms with Crippen molar-refractivity contribution >= 4 is 50.7 Å². The monoisotopic (exact) mass is 477 g/mol. The van der Waals surface area contributed by atoms with Crippen molar-refractivity contribution in [3.05, 3.63) is 75.3 Å². The van der Waals surface area contributed by atoms with Gasteiger partial charge in [-0.2, -0.15) is 0 Å². The summed E-state index contributed by atoms with van der Waals surface area (Å²) in [6.07, 6.45) is 9.28. The first-order chi connectivity index (χ1) is 17.2. The first-order valence-corrected chi connectivity index (χ1v) is 13.4. The number of aryl methyl sites for hydroxylation is 2. The summed E-state index contributed by atoms with van der Waals surface area (Å²) in [5.41, 5.74) is 8.83. The van der Waals surface area contributed by atoms with Crippen LogP contribution in [0.1, 0.15) is 80.2 Å². The Morgan fingerprint density at radius 2 is 1.64 bits per heavy atom. The number of para-hydroxylation sites is 1. The maximum atomic E-state index is 15.6. The molecule has 0 amide bonds. The van der Waals surface area contributed by atoms with Crippen molar-refractivity contribution in [2.75, 3.05) is 0 Å². The third-order valence-electron chi connectivity index (χ3n) is 9.14. The summed E-state index contributed by atoms with van der Waals surface area (Å²) in [5, 5.41) is 5.89. The topological polar surface area (TPSA) is 4.41 Å². The lowest BCUT2D eigenvalue weighted by Crippen LogP contribution is -2.20. The Morgan fingerprint density at radius 3 is 2.33 bits per heavy atom. The van der Waals surface area contributed by atoms with Gasteiger partial charge in [-0.05, 0) is 98.2 Å². The fourth-order valence-electron chi connectivity index (χ4n) is 6.99. The van der Waals surface area contributed by atoms with Gasteiger partial charge in [-0.25, -0.2) is 4.39 Å². The number of hydrogen-bond acceptors (Lipinski definition) is 0. The van der Waals surface area contributed by atoms with Crippen molar-refractivity contribution in [2.45, 2.75) is 73.1 Å². The van der Waals surface area contributed by atoms with E-state index in [9.17, 15) is 0 Å². The van der Waals surface area contributed by atoms with Crippen molar-refractivity contribution in [3.63, 3.8) is 0 Å². The molecule has 0 unspecified atom stereocenters.